The van der Waals surface area contributed by atoms with Crippen LogP contribution < -0.4 is 5.32 Å². The maximum Gasteiger partial charge on any atom is 0.137 e. The molecule has 3 rings (SSSR count). The van der Waals surface area contributed by atoms with Crippen molar-refractivity contribution >= 4 is 37.5 Å². The van der Waals surface area contributed by atoms with Gasteiger partial charge in [0.05, 0.1) is 4.47 Å². The molecular formula is C16H14Br2FN. The number of rotatable bonds is 3. The third kappa shape index (κ3) is 2.91. The van der Waals surface area contributed by atoms with E-state index in [-0.39, 0.29) is 5.82 Å². The van der Waals surface area contributed by atoms with Gasteiger partial charge in [-0.15, -0.1) is 0 Å². The summed E-state index contributed by atoms with van der Waals surface area (Å²) in [5, 5.41) is 3.45. The molecule has 0 aromatic heterocycles. The monoisotopic (exact) mass is 397 g/mol. The Morgan fingerprint density at radius 3 is 2.45 bits per heavy atom. The Morgan fingerprint density at radius 2 is 1.75 bits per heavy atom. The molecule has 1 aliphatic carbocycles. The normalized spacial score (nSPS) is 21.4. The Bertz CT molecular complexity index is 624. The van der Waals surface area contributed by atoms with Crippen molar-refractivity contribution in [1.82, 2.24) is 0 Å². The first-order valence-electron chi connectivity index (χ1n) is 6.59. The molecule has 2 aromatic carbocycles. The van der Waals surface area contributed by atoms with Crippen LogP contribution in [-0.4, -0.2) is 6.04 Å². The fraction of sp³-hybridized carbons (Fsp3) is 0.250. The van der Waals surface area contributed by atoms with Gasteiger partial charge in [-0.3, -0.25) is 0 Å². The summed E-state index contributed by atoms with van der Waals surface area (Å²) < 4.78 is 14.9. The SMILES string of the molecule is Fc1ccc(NC2CC(c3ccccc3Br)C2)cc1Br. The second-order valence-electron chi connectivity index (χ2n) is 5.16. The van der Waals surface area contributed by atoms with E-state index in [4.69, 9.17) is 0 Å². The van der Waals surface area contributed by atoms with E-state index in [1.165, 1.54) is 16.1 Å². The number of anilines is 1. The van der Waals surface area contributed by atoms with E-state index < -0.39 is 0 Å². The van der Waals surface area contributed by atoms with Crippen LogP contribution in [0.4, 0.5) is 10.1 Å². The van der Waals surface area contributed by atoms with Gasteiger partial charge in [-0.2, -0.15) is 0 Å². The van der Waals surface area contributed by atoms with Gasteiger partial charge in [0, 0.05) is 16.2 Å². The highest BCUT2D eigenvalue weighted by molar-refractivity contribution is 9.10. The van der Waals surface area contributed by atoms with Crippen LogP contribution in [0, 0.1) is 5.82 Å². The molecule has 0 atom stereocenters. The number of hydrogen-bond donors (Lipinski definition) is 1. The van der Waals surface area contributed by atoms with E-state index >= 15 is 0 Å². The zero-order valence-corrected chi connectivity index (χ0v) is 13.9. The summed E-state index contributed by atoms with van der Waals surface area (Å²) in [4.78, 5) is 0. The fourth-order valence-electron chi connectivity index (χ4n) is 2.62. The summed E-state index contributed by atoms with van der Waals surface area (Å²) in [5.74, 6) is 0.377. The standard InChI is InChI=1S/C16H14Br2FN/c17-14-4-2-1-3-13(14)10-7-12(8-10)20-11-5-6-16(19)15(18)9-11/h1-6,9-10,12,20H,7-8H2. The van der Waals surface area contributed by atoms with Crippen LogP contribution in [0.3, 0.4) is 0 Å². The van der Waals surface area contributed by atoms with Crippen molar-refractivity contribution < 1.29 is 4.39 Å². The molecule has 1 saturated carbocycles. The molecule has 0 amide bonds. The van der Waals surface area contributed by atoms with Crippen LogP contribution in [-0.2, 0) is 0 Å². The Hall–Kier alpha value is -0.870. The van der Waals surface area contributed by atoms with Crippen LogP contribution >= 0.6 is 31.9 Å². The van der Waals surface area contributed by atoms with Crippen molar-refractivity contribution in [1.29, 1.82) is 0 Å². The lowest BCUT2D eigenvalue weighted by molar-refractivity contribution is 0.373. The molecule has 1 N–H and O–H groups in total. The second kappa shape index (κ2) is 5.86. The lowest BCUT2D eigenvalue weighted by atomic mass is 9.76. The van der Waals surface area contributed by atoms with Crippen LogP contribution in [0.2, 0.25) is 0 Å². The zero-order chi connectivity index (χ0) is 14.1. The van der Waals surface area contributed by atoms with E-state index in [0.29, 0.717) is 16.4 Å². The van der Waals surface area contributed by atoms with Crippen LogP contribution in [0.1, 0.15) is 24.3 Å². The minimum Gasteiger partial charge on any atom is -0.382 e. The number of benzene rings is 2. The molecule has 1 fully saturated rings. The van der Waals surface area contributed by atoms with E-state index in [0.717, 1.165) is 18.5 Å². The van der Waals surface area contributed by atoms with Crippen LogP contribution in [0.5, 0.6) is 0 Å². The molecule has 0 spiro atoms. The van der Waals surface area contributed by atoms with E-state index in [1.807, 2.05) is 6.07 Å². The van der Waals surface area contributed by atoms with Crippen molar-refractivity contribution in [3.63, 3.8) is 0 Å². The van der Waals surface area contributed by atoms with Crippen LogP contribution in [0.25, 0.3) is 0 Å². The van der Waals surface area contributed by atoms with Crippen molar-refractivity contribution in [2.75, 3.05) is 5.32 Å². The summed E-state index contributed by atoms with van der Waals surface area (Å²) in [6.07, 6.45) is 2.22. The molecule has 0 unspecified atom stereocenters. The summed E-state index contributed by atoms with van der Waals surface area (Å²) in [7, 11) is 0. The molecule has 20 heavy (non-hydrogen) atoms. The minimum atomic E-state index is -0.227. The van der Waals surface area contributed by atoms with E-state index in [2.05, 4.69) is 55.4 Å². The minimum absolute atomic E-state index is 0.227. The van der Waals surface area contributed by atoms with E-state index in [9.17, 15) is 4.39 Å². The summed E-state index contributed by atoms with van der Waals surface area (Å²) in [5.41, 5.74) is 2.35. The molecule has 1 nitrogen and oxygen atoms in total. The van der Waals surface area contributed by atoms with E-state index in [1.54, 1.807) is 12.1 Å². The number of nitrogens with one attached hydrogen (secondary N) is 1. The third-order valence-electron chi connectivity index (χ3n) is 3.77. The summed E-state index contributed by atoms with van der Waals surface area (Å²) >= 11 is 6.82. The van der Waals surface area contributed by atoms with Crippen molar-refractivity contribution in [2.45, 2.75) is 24.8 Å². The Balaban J connectivity index is 1.61. The van der Waals surface area contributed by atoms with Gasteiger partial charge in [0.25, 0.3) is 0 Å². The van der Waals surface area contributed by atoms with Gasteiger partial charge in [-0.1, -0.05) is 34.1 Å². The molecule has 0 heterocycles. The molecule has 104 valence electrons. The second-order valence-corrected chi connectivity index (χ2v) is 6.87. The Morgan fingerprint density at radius 1 is 1.00 bits per heavy atom. The number of hydrogen-bond acceptors (Lipinski definition) is 1. The lowest BCUT2D eigenvalue weighted by Crippen LogP contribution is -2.34. The fourth-order valence-corrected chi connectivity index (χ4v) is 3.60. The first-order chi connectivity index (χ1) is 9.63. The predicted molar refractivity (Wildman–Crippen MR) is 87.6 cm³/mol. The highest BCUT2D eigenvalue weighted by Gasteiger charge is 2.31. The highest BCUT2D eigenvalue weighted by atomic mass is 79.9. The van der Waals surface area contributed by atoms with Gasteiger partial charge in [0.15, 0.2) is 0 Å². The average Bonchev–Trinajstić information content (AvgIpc) is 2.39. The molecule has 0 radical (unpaired) electrons. The van der Waals surface area contributed by atoms with Gasteiger partial charge in [-0.25, -0.2) is 4.39 Å². The molecule has 0 saturated heterocycles. The molecule has 0 aliphatic heterocycles. The maximum absolute atomic E-state index is 13.2. The average molecular weight is 399 g/mol. The Kier molecular flexibility index (Phi) is 4.13. The van der Waals surface area contributed by atoms with Gasteiger partial charge in [-0.05, 0) is 64.5 Å². The molecule has 1 aliphatic rings. The predicted octanol–water partition coefficient (Wildman–Crippen LogP) is 5.71. The highest BCUT2D eigenvalue weighted by Crippen LogP contribution is 2.41. The summed E-state index contributed by atoms with van der Waals surface area (Å²) in [6, 6.07) is 13.9. The first-order valence-corrected chi connectivity index (χ1v) is 8.18. The zero-order valence-electron chi connectivity index (χ0n) is 10.7. The van der Waals surface area contributed by atoms with Gasteiger partial charge in [0.2, 0.25) is 0 Å². The van der Waals surface area contributed by atoms with Crippen molar-refractivity contribution in [2.24, 2.45) is 0 Å². The molecule has 4 heteroatoms. The molecule has 2 aromatic rings. The van der Waals surface area contributed by atoms with Gasteiger partial charge in [0.1, 0.15) is 5.82 Å². The maximum atomic E-state index is 13.2. The van der Waals surface area contributed by atoms with Crippen LogP contribution in [0.15, 0.2) is 51.4 Å². The Labute approximate surface area is 134 Å². The largest absolute Gasteiger partial charge is 0.382 e. The quantitative estimate of drug-likeness (QED) is 0.698. The van der Waals surface area contributed by atoms with Crippen molar-refractivity contribution in [3.8, 4) is 0 Å². The van der Waals surface area contributed by atoms with Crippen molar-refractivity contribution in [3.05, 3.63) is 62.8 Å². The smallest absolute Gasteiger partial charge is 0.137 e. The summed E-state index contributed by atoms with van der Waals surface area (Å²) in [6.45, 7) is 0. The topological polar surface area (TPSA) is 12.0 Å². The van der Waals surface area contributed by atoms with Gasteiger partial charge < -0.3 is 5.32 Å². The van der Waals surface area contributed by atoms with Gasteiger partial charge >= 0.3 is 0 Å². The lowest BCUT2D eigenvalue weighted by Gasteiger charge is -2.37. The molecular weight excluding hydrogens is 385 g/mol. The first kappa shape index (κ1) is 14.1. The number of halogens is 3. The molecule has 0 bridgehead atoms. The third-order valence-corrected chi connectivity index (χ3v) is 5.10.